The molecule has 140 valence electrons. The Morgan fingerprint density at radius 1 is 1.00 bits per heavy atom. The molecule has 3 fully saturated rings. The summed E-state index contributed by atoms with van der Waals surface area (Å²) in [5, 5.41) is 9.11. The molecule has 0 aliphatic carbocycles. The van der Waals surface area contributed by atoms with E-state index in [0.717, 1.165) is 44.5 Å². The first kappa shape index (κ1) is 18.4. The lowest BCUT2D eigenvalue weighted by atomic mass is 9.95. The maximum Gasteiger partial charge on any atom is 0.320 e. The van der Waals surface area contributed by atoms with E-state index < -0.39 is 5.97 Å². The Hall–Kier alpha value is -1.44. The molecule has 7 nitrogen and oxygen atoms in total. The Morgan fingerprint density at radius 3 is 2.44 bits per heavy atom. The van der Waals surface area contributed by atoms with Crippen molar-refractivity contribution in [3.8, 4) is 0 Å². The van der Waals surface area contributed by atoms with Gasteiger partial charge in [-0.25, -0.2) is 4.79 Å². The van der Waals surface area contributed by atoms with E-state index in [1.54, 1.807) is 16.7 Å². The topological polar surface area (TPSA) is 81.2 Å². The first-order valence-corrected chi connectivity index (χ1v) is 10.4. The Morgan fingerprint density at radius 2 is 1.72 bits per heavy atom. The van der Waals surface area contributed by atoms with Crippen LogP contribution in [0.5, 0.6) is 0 Å². The zero-order valence-corrected chi connectivity index (χ0v) is 15.4. The molecule has 0 spiro atoms. The number of rotatable bonds is 3. The van der Waals surface area contributed by atoms with Gasteiger partial charge in [-0.2, -0.15) is 11.8 Å². The van der Waals surface area contributed by atoms with Gasteiger partial charge in [0.05, 0.1) is 18.4 Å². The number of carboxylic acid groups (broad SMARTS) is 1. The van der Waals surface area contributed by atoms with Gasteiger partial charge in [-0.05, 0) is 25.7 Å². The molecule has 0 aromatic heterocycles. The number of urea groups is 1. The van der Waals surface area contributed by atoms with Crippen LogP contribution in [0.1, 0.15) is 32.1 Å². The molecule has 2 atom stereocenters. The first-order valence-electron chi connectivity index (χ1n) is 9.20. The van der Waals surface area contributed by atoms with Crippen LogP contribution in [-0.4, -0.2) is 88.0 Å². The van der Waals surface area contributed by atoms with Gasteiger partial charge in [0.1, 0.15) is 0 Å². The molecule has 8 heteroatoms. The molecule has 3 aliphatic heterocycles. The molecule has 0 aromatic rings. The van der Waals surface area contributed by atoms with Gasteiger partial charge in [-0.1, -0.05) is 0 Å². The highest BCUT2D eigenvalue weighted by atomic mass is 32.2. The van der Waals surface area contributed by atoms with Gasteiger partial charge in [-0.15, -0.1) is 0 Å². The van der Waals surface area contributed by atoms with E-state index in [-0.39, 0.29) is 30.3 Å². The Labute approximate surface area is 152 Å². The van der Waals surface area contributed by atoms with Crippen molar-refractivity contribution in [2.24, 2.45) is 5.92 Å². The molecule has 3 heterocycles. The third-order valence-electron chi connectivity index (χ3n) is 5.34. The van der Waals surface area contributed by atoms with Crippen molar-refractivity contribution in [2.75, 3.05) is 44.2 Å². The normalized spacial score (nSPS) is 27.4. The average molecular weight is 369 g/mol. The van der Waals surface area contributed by atoms with Gasteiger partial charge >= 0.3 is 12.0 Å². The van der Waals surface area contributed by atoms with Gasteiger partial charge < -0.3 is 19.8 Å². The maximum absolute atomic E-state index is 13.0. The number of hydrogen-bond acceptors (Lipinski definition) is 4. The van der Waals surface area contributed by atoms with Gasteiger partial charge in [0.2, 0.25) is 5.91 Å². The molecule has 0 bridgehead atoms. The fourth-order valence-electron chi connectivity index (χ4n) is 4.01. The summed E-state index contributed by atoms with van der Waals surface area (Å²) in [5.41, 5.74) is 0. The summed E-state index contributed by atoms with van der Waals surface area (Å²) >= 11 is 1.71. The summed E-state index contributed by atoms with van der Waals surface area (Å²) in [4.78, 5) is 42.2. The summed E-state index contributed by atoms with van der Waals surface area (Å²) in [5.74, 6) is 0.511. The third kappa shape index (κ3) is 4.40. The minimum Gasteiger partial charge on any atom is -0.481 e. The van der Waals surface area contributed by atoms with Crippen molar-refractivity contribution in [3.63, 3.8) is 0 Å². The number of piperidine rings is 1. The van der Waals surface area contributed by atoms with Crippen LogP contribution in [0.2, 0.25) is 0 Å². The number of carbonyl (C=O) groups is 3. The molecule has 0 aromatic carbocycles. The zero-order chi connectivity index (χ0) is 17.8. The average Bonchev–Trinajstić information content (AvgIpc) is 3.15. The fourth-order valence-corrected chi connectivity index (χ4v) is 5.07. The van der Waals surface area contributed by atoms with Crippen LogP contribution in [0, 0.1) is 5.92 Å². The number of thioether (sulfide) groups is 1. The summed E-state index contributed by atoms with van der Waals surface area (Å²) < 4.78 is 0. The fraction of sp³-hybridized carbons (Fsp3) is 0.824. The number of carboxylic acids is 1. The van der Waals surface area contributed by atoms with Crippen LogP contribution in [0.25, 0.3) is 0 Å². The molecule has 3 aliphatic rings. The van der Waals surface area contributed by atoms with Gasteiger partial charge in [-0.3, -0.25) is 9.59 Å². The maximum atomic E-state index is 13.0. The van der Waals surface area contributed by atoms with E-state index in [0.29, 0.717) is 25.4 Å². The minimum atomic E-state index is -0.861. The predicted molar refractivity (Wildman–Crippen MR) is 95.6 cm³/mol. The van der Waals surface area contributed by atoms with Crippen LogP contribution in [0.15, 0.2) is 0 Å². The quantitative estimate of drug-likeness (QED) is 0.812. The number of hydrogen-bond donors (Lipinski definition) is 1. The second-order valence-electron chi connectivity index (χ2n) is 7.12. The largest absolute Gasteiger partial charge is 0.481 e. The van der Waals surface area contributed by atoms with Crippen molar-refractivity contribution >= 4 is 29.7 Å². The highest BCUT2D eigenvalue weighted by molar-refractivity contribution is 7.99. The van der Waals surface area contributed by atoms with Crippen molar-refractivity contribution in [3.05, 3.63) is 0 Å². The number of amides is 3. The van der Waals surface area contributed by atoms with Crippen LogP contribution in [-0.2, 0) is 9.59 Å². The first-order chi connectivity index (χ1) is 12.1. The Kier molecular flexibility index (Phi) is 6.09. The van der Waals surface area contributed by atoms with Gasteiger partial charge in [0, 0.05) is 44.2 Å². The molecular weight excluding hydrogens is 342 g/mol. The molecule has 2 unspecified atom stereocenters. The highest BCUT2D eigenvalue weighted by Crippen LogP contribution is 2.26. The summed E-state index contributed by atoms with van der Waals surface area (Å²) in [6, 6.07) is -0.167. The van der Waals surface area contributed by atoms with Crippen LogP contribution < -0.4 is 0 Å². The second-order valence-corrected chi connectivity index (χ2v) is 8.27. The molecule has 25 heavy (non-hydrogen) atoms. The van der Waals surface area contributed by atoms with Crippen molar-refractivity contribution in [1.29, 1.82) is 0 Å². The Balaban J connectivity index is 1.62. The summed E-state index contributed by atoms with van der Waals surface area (Å²) in [6.45, 7) is 3.43. The SMILES string of the molecule is O=C(O)CC1CSCCN1C(=O)C1CCCN(C(=O)N2CCCC2)C1. The van der Waals surface area contributed by atoms with E-state index in [2.05, 4.69) is 0 Å². The molecule has 0 radical (unpaired) electrons. The number of likely N-dealkylation sites (tertiary alicyclic amines) is 2. The lowest BCUT2D eigenvalue weighted by Crippen LogP contribution is -2.54. The Bertz CT molecular complexity index is 524. The van der Waals surface area contributed by atoms with E-state index in [9.17, 15) is 14.4 Å². The lowest BCUT2D eigenvalue weighted by Gasteiger charge is -2.40. The summed E-state index contributed by atoms with van der Waals surface area (Å²) in [7, 11) is 0. The van der Waals surface area contributed by atoms with E-state index in [1.807, 2.05) is 9.80 Å². The van der Waals surface area contributed by atoms with Gasteiger partial charge in [0.15, 0.2) is 0 Å². The monoisotopic (exact) mass is 369 g/mol. The smallest absolute Gasteiger partial charge is 0.320 e. The lowest BCUT2D eigenvalue weighted by molar-refractivity contribution is -0.142. The third-order valence-corrected chi connectivity index (χ3v) is 6.43. The van der Waals surface area contributed by atoms with Crippen molar-refractivity contribution < 1.29 is 19.5 Å². The summed E-state index contributed by atoms with van der Waals surface area (Å²) in [6.07, 6.45) is 3.74. The van der Waals surface area contributed by atoms with Crippen molar-refractivity contribution in [1.82, 2.24) is 14.7 Å². The van der Waals surface area contributed by atoms with Gasteiger partial charge in [0.25, 0.3) is 0 Å². The molecular formula is C17H27N3O4S. The van der Waals surface area contributed by atoms with E-state index in [1.165, 1.54) is 0 Å². The number of nitrogens with zero attached hydrogens (tertiary/aromatic N) is 3. The molecule has 3 saturated heterocycles. The number of carbonyl (C=O) groups excluding carboxylic acids is 2. The number of aliphatic carboxylic acids is 1. The van der Waals surface area contributed by atoms with Crippen LogP contribution in [0.3, 0.4) is 0 Å². The van der Waals surface area contributed by atoms with E-state index in [4.69, 9.17) is 5.11 Å². The standard InChI is InChI=1S/C17H27N3O4S/c21-15(22)10-14-12-25-9-8-20(14)16(23)13-4-3-7-19(11-13)17(24)18-5-1-2-6-18/h13-14H,1-12H2,(H,21,22). The molecule has 3 amide bonds. The highest BCUT2D eigenvalue weighted by Gasteiger charge is 2.37. The van der Waals surface area contributed by atoms with Crippen molar-refractivity contribution in [2.45, 2.75) is 38.1 Å². The van der Waals surface area contributed by atoms with Crippen LogP contribution in [0.4, 0.5) is 4.79 Å². The second kappa shape index (κ2) is 8.29. The predicted octanol–water partition coefficient (Wildman–Crippen LogP) is 1.33. The minimum absolute atomic E-state index is 0.00187. The molecule has 1 N–H and O–H groups in total. The molecule has 3 rings (SSSR count). The molecule has 0 saturated carbocycles. The van der Waals surface area contributed by atoms with E-state index >= 15 is 0 Å². The van der Waals surface area contributed by atoms with Crippen LogP contribution >= 0.6 is 11.8 Å². The zero-order valence-electron chi connectivity index (χ0n) is 14.6.